The summed E-state index contributed by atoms with van der Waals surface area (Å²) >= 11 is 0. The summed E-state index contributed by atoms with van der Waals surface area (Å²) in [7, 11) is 1.83. The first kappa shape index (κ1) is 17.1. The summed E-state index contributed by atoms with van der Waals surface area (Å²) in [6, 6.07) is 16.3. The molecule has 0 fully saturated rings. The summed E-state index contributed by atoms with van der Waals surface area (Å²) < 4.78 is 5.67. The first-order chi connectivity index (χ1) is 11.0. The third-order valence-corrected chi connectivity index (χ3v) is 3.85. The van der Waals surface area contributed by atoms with Crippen LogP contribution in [0.4, 0.5) is 0 Å². The minimum atomic E-state index is 0.152. The van der Waals surface area contributed by atoms with Gasteiger partial charge in [-0.25, -0.2) is 0 Å². The highest BCUT2D eigenvalue weighted by molar-refractivity contribution is 5.76. The Kier molecular flexibility index (Phi) is 6.21. The molecule has 3 heteroatoms. The molecular weight excluding hydrogens is 286 g/mol. The topological polar surface area (TPSA) is 29.5 Å². The molecule has 3 nitrogen and oxygen atoms in total. The molecule has 0 saturated carbocycles. The predicted octanol–water partition coefficient (Wildman–Crippen LogP) is 3.77. The van der Waals surface area contributed by atoms with Gasteiger partial charge in [0.2, 0.25) is 5.91 Å². The molecule has 0 bridgehead atoms. The van der Waals surface area contributed by atoms with Gasteiger partial charge in [0.05, 0.1) is 6.54 Å². The van der Waals surface area contributed by atoms with Gasteiger partial charge in [0.25, 0.3) is 0 Å². The largest absolute Gasteiger partial charge is 0.492 e. The summed E-state index contributed by atoms with van der Waals surface area (Å²) in [5, 5.41) is 0. The van der Waals surface area contributed by atoms with E-state index in [9.17, 15) is 4.79 Å². The van der Waals surface area contributed by atoms with Gasteiger partial charge in [-0.3, -0.25) is 4.79 Å². The van der Waals surface area contributed by atoms with Crippen molar-refractivity contribution in [3.05, 3.63) is 65.2 Å². The highest BCUT2D eigenvalue weighted by atomic mass is 16.5. The summed E-state index contributed by atoms with van der Waals surface area (Å²) in [6.07, 6.45) is 1.31. The van der Waals surface area contributed by atoms with Gasteiger partial charge in [-0.1, -0.05) is 47.5 Å². The van der Waals surface area contributed by atoms with Crippen LogP contribution in [0.15, 0.2) is 48.5 Å². The highest BCUT2D eigenvalue weighted by Crippen LogP contribution is 2.11. The summed E-state index contributed by atoms with van der Waals surface area (Å²) in [4.78, 5) is 13.9. The van der Waals surface area contributed by atoms with Crippen LogP contribution in [0, 0.1) is 13.8 Å². The second kappa shape index (κ2) is 8.37. The van der Waals surface area contributed by atoms with E-state index >= 15 is 0 Å². The Labute approximate surface area is 138 Å². The van der Waals surface area contributed by atoms with Crippen LogP contribution in [0.3, 0.4) is 0 Å². The van der Waals surface area contributed by atoms with Gasteiger partial charge < -0.3 is 9.64 Å². The van der Waals surface area contributed by atoms with E-state index in [0.29, 0.717) is 19.6 Å². The second-order valence-corrected chi connectivity index (χ2v) is 5.97. The van der Waals surface area contributed by atoms with Crippen molar-refractivity contribution in [1.82, 2.24) is 4.90 Å². The SMILES string of the molecule is Cc1ccc(OCCN(C)C(=O)CCc2cccc(C)c2)cc1. The van der Waals surface area contributed by atoms with E-state index in [1.165, 1.54) is 16.7 Å². The standard InChI is InChI=1S/C20H25NO2/c1-16-7-10-19(11-8-16)23-14-13-21(3)20(22)12-9-18-6-4-5-17(2)15-18/h4-8,10-11,15H,9,12-14H2,1-3H3. The monoisotopic (exact) mass is 311 g/mol. The molecule has 0 aliphatic rings. The molecule has 0 aliphatic heterocycles. The average molecular weight is 311 g/mol. The molecule has 0 saturated heterocycles. The number of carbonyl (C=O) groups is 1. The van der Waals surface area contributed by atoms with Gasteiger partial charge in [-0.05, 0) is 38.0 Å². The van der Waals surface area contributed by atoms with Gasteiger partial charge in [-0.2, -0.15) is 0 Å². The van der Waals surface area contributed by atoms with Gasteiger partial charge in [0.15, 0.2) is 0 Å². The number of aryl methyl sites for hydroxylation is 3. The fraction of sp³-hybridized carbons (Fsp3) is 0.350. The van der Waals surface area contributed by atoms with Crippen LogP contribution < -0.4 is 4.74 Å². The van der Waals surface area contributed by atoms with Crippen molar-refractivity contribution in [2.75, 3.05) is 20.2 Å². The van der Waals surface area contributed by atoms with Gasteiger partial charge in [0, 0.05) is 13.5 Å². The van der Waals surface area contributed by atoms with E-state index in [2.05, 4.69) is 25.1 Å². The van der Waals surface area contributed by atoms with Gasteiger partial charge in [-0.15, -0.1) is 0 Å². The maximum absolute atomic E-state index is 12.2. The zero-order chi connectivity index (χ0) is 16.7. The van der Waals surface area contributed by atoms with E-state index < -0.39 is 0 Å². The van der Waals surface area contributed by atoms with Crippen LogP contribution in [0.1, 0.15) is 23.1 Å². The second-order valence-electron chi connectivity index (χ2n) is 5.97. The van der Waals surface area contributed by atoms with E-state index in [0.717, 1.165) is 12.2 Å². The Morgan fingerprint density at radius 3 is 2.48 bits per heavy atom. The van der Waals surface area contributed by atoms with Crippen molar-refractivity contribution in [2.45, 2.75) is 26.7 Å². The lowest BCUT2D eigenvalue weighted by molar-refractivity contribution is -0.130. The van der Waals surface area contributed by atoms with E-state index in [4.69, 9.17) is 4.74 Å². The van der Waals surface area contributed by atoms with Crippen LogP contribution in [0.2, 0.25) is 0 Å². The minimum absolute atomic E-state index is 0.152. The van der Waals surface area contributed by atoms with Crippen LogP contribution in [-0.2, 0) is 11.2 Å². The smallest absolute Gasteiger partial charge is 0.222 e. The number of nitrogens with zero attached hydrogens (tertiary/aromatic N) is 1. The maximum Gasteiger partial charge on any atom is 0.222 e. The third-order valence-electron chi connectivity index (χ3n) is 3.85. The molecule has 0 aliphatic carbocycles. The molecule has 0 atom stereocenters. The summed E-state index contributed by atoms with van der Waals surface area (Å²) in [6.45, 7) is 5.22. The quantitative estimate of drug-likeness (QED) is 0.779. The summed E-state index contributed by atoms with van der Waals surface area (Å²) in [5.41, 5.74) is 3.65. The Morgan fingerprint density at radius 1 is 1.04 bits per heavy atom. The molecule has 0 N–H and O–H groups in total. The molecule has 2 rings (SSSR count). The van der Waals surface area contributed by atoms with E-state index in [1.807, 2.05) is 44.3 Å². The molecule has 1 amide bonds. The van der Waals surface area contributed by atoms with Gasteiger partial charge >= 0.3 is 0 Å². The molecule has 0 spiro atoms. The summed E-state index contributed by atoms with van der Waals surface area (Å²) in [5.74, 6) is 0.996. The van der Waals surface area contributed by atoms with E-state index in [-0.39, 0.29) is 5.91 Å². The first-order valence-corrected chi connectivity index (χ1v) is 8.03. The van der Waals surface area contributed by atoms with Crippen molar-refractivity contribution in [3.8, 4) is 5.75 Å². The number of likely N-dealkylation sites (N-methyl/N-ethyl adjacent to an activating group) is 1. The zero-order valence-corrected chi connectivity index (χ0v) is 14.2. The van der Waals surface area contributed by atoms with Crippen LogP contribution in [0.25, 0.3) is 0 Å². The number of benzene rings is 2. The fourth-order valence-electron chi connectivity index (χ4n) is 2.37. The van der Waals surface area contributed by atoms with Crippen LogP contribution >= 0.6 is 0 Å². The van der Waals surface area contributed by atoms with Crippen molar-refractivity contribution < 1.29 is 9.53 Å². The Hall–Kier alpha value is -2.29. The number of amides is 1. The Bertz CT molecular complexity index is 634. The van der Waals surface area contributed by atoms with Gasteiger partial charge in [0.1, 0.15) is 12.4 Å². The lowest BCUT2D eigenvalue weighted by Crippen LogP contribution is -2.31. The molecule has 122 valence electrons. The molecule has 23 heavy (non-hydrogen) atoms. The highest BCUT2D eigenvalue weighted by Gasteiger charge is 2.09. The number of hydrogen-bond acceptors (Lipinski definition) is 2. The molecular formula is C20H25NO2. The maximum atomic E-state index is 12.2. The van der Waals surface area contributed by atoms with Crippen molar-refractivity contribution in [2.24, 2.45) is 0 Å². The molecule has 0 heterocycles. The Morgan fingerprint density at radius 2 is 1.78 bits per heavy atom. The van der Waals surface area contributed by atoms with Crippen molar-refractivity contribution >= 4 is 5.91 Å². The van der Waals surface area contributed by atoms with Crippen molar-refractivity contribution in [1.29, 1.82) is 0 Å². The number of ether oxygens (including phenoxy) is 1. The lowest BCUT2D eigenvalue weighted by Gasteiger charge is -2.17. The molecule has 0 aromatic heterocycles. The molecule has 2 aromatic carbocycles. The van der Waals surface area contributed by atoms with Crippen LogP contribution in [0.5, 0.6) is 5.75 Å². The average Bonchev–Trinajstić information content (AvgIpc) is 2.54. The van der Waals surface area contributed by atoms with E-state index in [1.54, 1.807) is 4.90 Å². The fourth-order valence-corrected chi connectivity index (χ4v) is 2.37. The molecule has 0 unspecified atom stereocenters. The third kappa shape index (κ3) is 5.78. The normalized spacial score (nSPS) is 10.4. The molecule has 2 aromatic rings. The number of carbonyl (C=O) groups excluding carboxylic acids is 1. The van der Waals surface area contributed by atoms with Crippen LogP contribution in [-0.4, -0.2) is 31.0 Å². The predicted molar refractivity (Wildman–Crippen MR) is 93.8 cm³/mol. The number of rotatable bonds is 7. The minimum Gasteiger partial charge on any atom is -0.492 e. The number of hydrogen-bond donors (Lipinski definition) is 0. The zero-order valence-electron chi connectivity index (χ0n) is 14.2. The lowest BCUT2D eigenvalue weighted by atomic mass is 10.1. The van der Waals surface area contributed by atoms with Crippen molar-refractivity contribution in [3.63, 3.8) is 0 Å². The Balaban J connectivity index is 1.71. The molecule has 0 radical (unpaired) electrons. The first-order valence-electron chi connectivity index (χ1n) is 8.03.